The molecule has 0 spiro atoms. The Morgan fingerprint density at radius 3 is 2.45 bits per heavy atom. The first-order valence-electron chi connectivity index (χ1n) is 11.3. The Balaban J connectivity index is 1.30. The van der Waals surface area contributed by atoms with Crippen molar-refractivity contribution in [2.45, 2.75) is 37.2 Å². The summed E-state index contributed by atoms with van der Waals surface area (Å²) in [7, 11) is -3.71. The molecular formula is C24H28N2O6S. The van der Waals surface area contributed by atoms with Crippen LogP contribution in [0.25, 0.3) is 0 Å². The Morgan fingerprint density at radius 1 is 0.970 bits per heavy atom. The van der Waals surface area contributed by atoms with Crippen molar-refractivity contribution in [2.75, 3.05) is 39.4 Å². The van der Waals surface area contributed by atoms with Gasteiger partial charge in [0.05, 0.1) is 23.7 Å². The standard InChI is InChI=1S/C24H28N2O6S/c1-16-17(2)32-23-19(16)5-3-6-20(23)24(27)25-9-11-26(12-10-25)33(28,29)18-7-8-21-22(15-18)31-14-4-13-30-21/h3,5-8,15-17H,4,9-14H2,1-2H3/t16-,17+/m1/s1. The zero-order chi connectivity index (χ0) is 23.2. The predicted molar refractivity (Wildman–Crippen MR) is 122 cm³/mol. The van der Waals surface area contributed by atoms with Gasteiger partial charge in [0, 0.05) is 50.1 Å². The zero-order valence-electron chi connectivity index (χ0n) is 18.8. The lowest BCUT2D eigenvalue weighted by molar-refractivity contribution is 0.0692. The number of para-hydroxylation sites is 1. The molecule has 0 saturated carbocycles. The van der Waals surface area contributed by atoms with Gasteiger partial charge in [0.15, 0.2) is 11.5 Å². The fourth-order valence-electron chi connectivity index (χ4n) is 4.51. The molecular weight excluding hydrogens is 444 g/mol. The molecule has 9 heteroatoms. The van der Waals surface area contributed by atoms with E-state index in [9.17, 15) is 13.2 Å². The van der Waals surface area contributed by atoms with E-state index in [1.54, 1.807) is 23.1 Å². The molecule has 0 radical (unpaired) electrons. The Bertz CT molecular complexity index is 1170. The average Bonchev–Trinajstić information content (AvgIpc) is 2.99. The van der Waals surface area contributed by atoms with E-state index in [1.807, 2.05) is 19.1 Å². The minimum absolute atomic E-state index is 0.0197. The van der Waals surface area contributed by atoms with Crippen LogP contribution in [0.1, 0.15) is 42.1 Å². The highest BCUT2D eigenvalue weighted by atomic mass is 32.2. The van der Waals surface area contributed by atoms with Crippen LogP contribution >= 0.6 is 0 Å². The van der Waals surface area contributed by atoms with Crippen LogP contribution in [0.15, 0.2) is 41.3 Å². The van der Waals surface area contributed by atoms with E-state index in [0.29, 0.717) is 49.1 Å². The third-order valence-electron chi connectivity index (χ3n) is 6.66. The van der Waals surface area contributed by atoms with Crippen molar-refractivity contribution in [2.24, 2.45) is 0 Å². The molecule has 0 bridgehead atoms. The Labute approximate surface area is 194 Å². The lowest BCUT2D eigenvalue weighted by Crippen LogP contribution is -2.50. The number of fused-ring (bicyclic) bond motifs is 2. The van der Waals surface area contributed by atoms with Crippen LogP contribution in [-0.4, -0.2) is 69.0 Å². The van der Waals surface area contributed by atoms with E-state index in [1.165, 1.54) is 10.4 Å². The maximum absolute atomic E-state index is 13.2. The van der Waals surface area contributed by atoms with Crippen LogP contribution in [0.4, 0.5) is 0 Å². The van der Waals surface area contributed by atoms with Gasteiger partial charge in [0.25, 0.3) is 5.91 Å². The Hall–Kier alpha value is -2.78. The summed E-state index contributed by atoms with van der Waals surface area (Å²) in [6, 6.07) is 10.4. The van der Waals surface area contributed by atoms with Gasteiger partial charge in [-0.3, -0.25) is 4.79 Å². The van der Waals surface area contributed by atoms with Gasteiger partial charge in [-0.1, -0.05) is 19.1 Å². The number of hydrogen-bond donors (Lipinski definition) is 0. The topological polar surface area (TPSA) is 85.4 Å². The van der Waals surface area contributed by atoms with Gasteiger partial charge in [-0.15, -0.1) is 0 Å². The molecule has 176 valence electrons. The number of carbonyl (C=O) groups excluding carboxylic acids is 1. The molecule has 3 aliphatic rings. The molecule has 1 fully saturated rings. The van der Waals surface area contributed by atoms with E-state index in [4.69, 9.17) is 14.2 Å². The molecule has 8 nitrogen and oxygen atoms in total. The van der Waals surface area contributed by atoms with Gasteiger partial charge >= 0.3 is 0 Å². The molecule has 0 N–H and O–H groups in total. The van der Waals surface area contributed by atoms with Crippen molar-refractivity contribution >= 4 is 15.9 Å². The number of ether oxygens (including phenoxy) is 3. The second-order valence-corrected chi connectivity index (χ2v) is 10.6. The fraction of sp³-hybridized carbons (Fsp3) is 0.458. The van der Waals surface area contributed by atoms with E-state index in [0.717, 1.165) is 12.0 Å². The highest BCUT2D eigenvalue weighted by Gasteiger charge is 2.35. The van der Waals surface area contributed by atoms with E-state index >= 15 is 0 Å². The van der Waals surface area contributed by atoms with Gasteiger partial charge in [0.2, 0.25) is 10.0 Å². The SMILES string of the molecule is C[C@@H]1Oc2c(C(=O)N3CCN(S(=O)(=O)c4ccc5c(c4)OCCCO5)CC3)cccc2[C@@H]1C. The summed E-state index contributed by atoms with van der Waals surface area (Å²) in [6.07, 6.45) is 0.770. The quantitative estimate of drug-likeness (QED) is 0.683. The lowest BCUT2D eigenvalue weighted by Gasteiger charge is -2.34. The lowest BCUT2D eigenvalue weighted by atomic mass is 9.96. The molecule has 1 saturated heterocycles. The molecule has 2 aromatic rings. The number of piperazine rings is 1. The Kier molecular flexibility index (Phi) is 5.70. The summed E-state index contributed by atoms with van der Waals surface area (Å²) in [6.45, 7) is 6.21. The summed E-state index contributed by atoms with van der Waals surface area (Å²) < 4.78 is 45.1. The van der Waals surface area contributed by atoms with Gasteiger partial charge in [-0.2, -0.15) is 4.31 Å². The van der Waals surface area contributed by atoms with Crippen LogP contribution in [-0.2, 0) is 10.0 Å². The number of nitrogens with zero attached hydrogens (tertiary/aromatic N) is 2. The molecule has 0 aromatic heterocycles. The minimum atomic E-state index is -3.71. The molecule has 5 rings (SSSR count). The van der Waals surface area contributed by atoms with Crippen LogP contribution in [0, 0.1) is 0 Å². The smallest absolute Gasteiger partial charge is 0.257 e. The number of sulfonamides is 1. The Morgan fingerprint density at radius 2 is 1.70 bits per heavy atom. The number of hydrogen-bond acceptors (Lipinski definition) is 6. The second-order valence-electron chi connectivity index (χ2n) is 8.69. The average molecular weight is 473 g/mol. The second kappa shape index (κ2) is 8.53. The third kappa shape index (κ3) is 3.93. The number of amides is 1. The zero-order valence-corrected chi connectivity index (χ0v) is 19.6. The summed E-state index contributed by atoms with van der Waals surface area (Å²) in [5.74, 6) is 1.77. The maximum atomic E-state index is 13.2. The van der Waals surface area contributed by atoms with Crippen LogP contribution in [0.2, 0.25) is 0 Å². The van der Waals surface area contributed by atoms with Gasteiger partial charge in [-0.25, -0.2) is 8.42 Å². The first-order valence-corrected chi connectivity index (χ1v) is 12.8. The van der Waals surface area contributed by atoms with E-state index in [-0.39, 0.29) is 35.9 Å². The van der Waals surface area contributed by atoms with Crippen molar-refractivity contribution in [3.63, 3.8) is 0 Å². The van der Waals surface area contributed by atoms with Crippen LogP contribution in [0.3, 0.4) is 0 Å². The van der Waals surface area contributed by atoms with Gasteiger partial charge in [0.1, 0.15) is 11.9 Å². The first kappa shape index (κ1) is 22.0. The summed E-state index contributed by atoms with van der Waals surface area (Å²) in [5.41, 5.74) is 1.59. The molecule has 0 aliphatic carbocycles. The molecule has 0 unspecified atom stereocenters. The van der Waals surface area contributed by atoms with E-state index < -0.39 is 10.0 Å². The number of benzene rings is 2. The van der Waals surface area contributed by atoms with Crippen LogP contribution in [0.5, 0.6) is 17.2 Å². The van der Waals surface area contributed by atoms with E-state index in [2.05, 4.69) is 6.92 Å². The van der Waals surface area contributed by atoms with Crippen LogP contribution < -0.4 is 14.2 Å². The highest BCUT2D eigenvalue weighted by molar-refractivity contribution is 7.89. The van der Waals surface area contributed by atoms with Crippen molar-refractivity contribution in [1.29, 1.82) is 0 Å². The van der Waals surface area contributed by atoms with Gasteiger partial charge in [-0.05, 0) is 25.1 Å². The van der Waals surface area contributed by atoms with Crippen molar-refractivity contribution in [3.05, 3.63) is 47.5 Å². The van der Waals surface area contributed by atoms with Crippen molar-refractivity contribution < 1.29 is 27.4 Å². The predicted octanol–water partition coefficient (Wildman–Crippen LogP) is 2.88. The minimum Gasteiger partial charge on any atom is -0.490 e. The third-order valence-corrected chi connectivity index (χ3v) is 8.55. The first-order chi connectivity index (χ1) is 15.9. The highest BCUT2D eigenvalue weighted by Crippen LogP contribution is 2.40. The summed E-state index contributed by atoms with van der Waals surface area (Å²) >= 11 is 0. The summed E-state index contributed by atoms with van der Waals surface area (Å²) in [4.78, 5) is 15.1. The molecule has 3 aliphatic heterocycles. The van der Waals surface area contributed by atoms with Gasteiger partial charge < -0.3 is 19.1 Å². The monoisotopic (exact) mass is 472 g/mol. The van der Waals surface area contributed by atoms with Crippen molar-refractivity contribution in [3.8, 4) is 17.2 Å². The molecule has 33 heavy (non-hydrogen) atoms. The molecule has 1 amide bonds. The molecule has 2 atom stereocenters. The largest absolute Gasteiger partial charge is 0.490 e. The summed E-state index contributed by atoms with van der Waals surface area (Å²) in [5, 5.41) is 0. The molecule has 3 heterocycles. The number of carbonyl (C=O) groups is 1. The number of rotatable bonds is 3. The normalized spacial score (nSPS) is 22.9. The maximum Gasteiger partial charge on any atom is 0.257 e. The molecule has 2 aromatic carbocycles. The van der Waals surface area contributed by atoms with Crippen molar-refractivity contribution in [1.82, 2.24) is 9.21 Å². The fourth-order valence-corrected chi connectivity index (χ4v) is 5.95.